The van der Waals surface area contributed by atoms with Gasteiger partial charge < -0.3 is 10.6 Å². The van der Waals surface area contributed by atoms with Gasteiger partial charge in [0.15, 0.2) is 0 Å². The van der Waals surface area contributed by atoms with Crippen molar-refractivity contribution in [2.75, 3.05) is 17.2 Å². The van der Waals surface area contributed by atoms with Crippen LogP contribution in [0.25, 0.3) is 0 Å². The molecule has 2 N–H and O–H groups in total. The number of hydrogen-bond acceptors (Lipinski definition) is 4. The number of nitrogens with one attached hydrogen (secondary N) is 2. The van der Waals surface area contributed by atoms with Crippen LogP contribution in [0.1, 0.15) is 24.7 Å². The highest BCUT2D eigenvalue weighted by Gasteiger charge is 2.04. The zero-order valence-electron chi connectivity index (χ0n) is 12.0. The van der Waals surface area contributed by atoms with E-state index in [4.69, 9.17) is 0 Å². The Bertz CT molecular complexity index is 598. The fraction of sp³-hybridized carbons (Fsp3) is 0.333. The van der Waals surface area contributed by atoms with Gasteiger partial charge in [0.25, 0.3) is 0 Å². The van der Waals surface area contributed by atoms with Crippen LogP contribution >= 0.6 is 15.9 Å². The summed E-state index contributed by atoms with van der Waals surface area (Å²) in [5.41, 5.74) is 2.21. The normalized spacial score (nSPS) is 10.4. The van der Waals surface area contributed by atoms with Gasteiger partial charge in [0, 0.05) is 22.8 Å². The van der Waals surface area contributed by atoms with Gasteiger partial charge in [-0.1, -0.05) is 28.9 Å². The third kappa shape index (κ3) is 3.93. The molecule has 2 rings (SSSR count). The summed E-state index contributed by atoms with van der Waals surface area (Å²) in [4.78, 5) is 8.81. The van der Waals surface area contributed by atoms with Crippen molar-refractivity contribution < 1.29 is 0 Å². The monoisotopic (exact) mass is 334 g/mol. The van der Waals surface area contributed by atoms with E-state index < -0.39 is 0 Å². The van der Waals surface area contributed by atoms with E-state index >= 15 is 0 Å². The van der Waals surface area contributed by atoms with Gasteiger partial charge in [-0.15, -0.1) is 0 Å². The van der Waals surface area contributed by atoms with Gasteiger partial charge in [-0.3, -0.25) is 0 Å². The maximum Gasteiger partial charge on any atom is 0.136 e. The number of anilines is 3. The molecule has 0 radical (unpaired) electrons. The summed E-state index contributed by atoms with van der Waals surface area (Å²) in [7, 11) is 0. The summed E-state index contributed by atoms with van der Waals surface area (Å²) in [6.07, 6.45) is 1.07. The second kappa shape index (κ2) is 6.70. The van der Waals surface area contributed by atoms with E-state index in [1.165, 1.54) is 5.56 Å². The lowest BCUT2D eigenvalue weighted by atomic mass is 10.2. The average molecular weight is 335 g/mol. The first-order chi connectivity index (χ1) is 9.58. The Labute approximate surface area is 128 Å². The van der Waals surface area contributed by atoms with Crippen LogP contribution in [0.5, 0.6) is 0 Å². The minimum Gasteiger partial charge on any atom is -0.370 e. The number of aryl methyl sites for hydroxylation is 2. The van der Waals surface area contributed by atoms with Gasteiger partial charge in [0.1, 0.15) is 17.5 Å². The van der Waals surface area contributed by atoms with E-state index in [0.29, 0.717) is 0 Å². The zero-order valence-corrected chi connectivity index (χ0v) is 13.6. The van der Waals surface area contributed by atoms with Crippen molar-refractivity contribution >= 4 is 33.3 Å². The molecule has 5 heteroatoms. The largest absolute Gasteiger partial charge is 0.370 e. The summed E-state index contributed by atoms with van der Waals surface area (Å²) < 4.78 is 1.04. The summed E-state index contributed by atoms with van der Waals surface area (Å²) in [5.74, 6) is 2.41. The van der Waals surface area contributed by atoms with Crippen molar-refractivity contribution in [1.82, 2.24) is 9.97 Å². The van der Waals surface area contributed by atoms with E-state index in [2.05, 4.69) is 56.4 Å². The molecule has 2 aromatic rings. The molecule has 20 heavy (non-hydrogen) atoms. The number of rotatable bonds is 5. The smallest absolute Gasteiger partial charge is 0.136 e. The van der Waals surface area contributed by atoms with Crippen LogP contribution in [0, 0.1) is 13.8 Å². The molecule has 0 aliphatic carbocycles. The Morgan fingerprint density at radius 3 is 2.60 bits per heavy atom. The SMILES string of the molecule is CCCNc1cc(Nc2cc(Br)ccc2C)nc(C)n1. The van der Waals surface area contributed by atoms with Crippen molar-refractivity contribution in [2.24, 2.45) is 0 Å². The minimum absolute atomic E-state index is 0.751. The molecule has 1 heterocycles. The first-order valence-electron chi connectivity index (χ1n) is 6.71. The summed E-state index contributed by atoms with van der Waals surface area (Å²) >= 11 is 3.49. The fourth-order valence-corrected chi connectivity index (χ4v) is 2.20. The maximum absolute atomic E-state index is 4.43. The molecule has 0 atom stereocenters. The molecule has 1 aromatic carbocycles. The van der Waals surface area contributed by atoms with Crippen LogP contribution < -0.4 is 10.6 Å². The van der Waals surface area contributed by atoms with Crippen molar-refractivity contribution in [2.45, 2.75) is 27.2 Å². The molecular formula is C15H19BrN4. The topological polar surface area (TPSA) is 49.8 Å². The maximum atomic E-state index is 4.43. The molecule has 0 saturated carbocycles. The van der Waals surface area contributed by atoms with Crippen LogP contribution in [-0.2, 0) is 0 Å². The standard InChI is InChI=1S/C15H19BrN4/c1-4-7-17-14-9-15(19-11(3)18-14)20-13-8-12(16)6-5-10(13)2/h5-6,8-9H,4,7H2,1-3H3,(H2,17,18,19,20). The van der Waals surface area contributed by atoms with Crippen LogP contribution in [0.3, 0.4) is 0 Å². The lowest BCUT2D eigenvalue weighted by Crippen LogP contribution is -2.05. The van der Waals surface area contributed by atoms with Crippen molar-refractivity contribution in [3.8, 4) is 0 Å². The molecule has 0 amide bonds. The highest BCUT2D eigenvalue weighted by molar-refractivity contribution is 9.10. The summed E-state index contributed by atoms with van der Waals surface area (Å²) in [6.45, 7) is 7.01. The fourth-order valence-electron chi connectivity index (χ4n) is 1.84. The lowest BCUT2D eigenvalue weighted by molar-refractivity contribution is 0.955. The Kier molecular flexibility index (Phi) is 4.95. The highest BCUT2D eigenvalue weighted by atomic mass is 79.9. The molecule has 0 unspecified atom stereocenters. The first kappa shape index (κ1) is 14.8. The summed E-state index contributed by atoms with van der Waals surface area (Å²) in [6, 6.07) is 8.08. The molecule has 0 aliphatic heterocycles. The zero-order chi connectivity index (χ0) is 14.5. The van der Waals surface area contributed by atoms with Crippen LogP contribution in [0.2, 0.25) is 0 Å². The molecule has 1 aromatic heterocycles. The third-order valence-corrected chi connectivity index (χ3v) is 3.35. The molecule has 4 nitrogen and oxygen atoms in total. The quantitative estimate of drug-likeness (QED) is 0.849. The van der Waals surface area contributed by atoms with Crippen molar-refractivity contribution in [1.29, 1.82) is 0 Å². The van der Waals surface area contributed by atoms with Crippen LogP contribution in [-0.4, -0.2) is 16.5 Å². The Morgan fingerprint density at radius 2 is 1.85 bits per heavy atom. The van der Waals surface area contributed by atoms with Gasteiger partial charge in [-0.2, -0.15) is 0 Å². The van der Waals surface area contributed by atoms with Gasteiger partial charge in [0.2, 0.25) is 0 Å². The number of halogens is 1. The Hall–Kier alpha value is -1.62. The number of nitrogens with zero attached hydrogens (tertiary/aromatic N) is 2. The molecule has 0 saturated heterocycles. The number of benzene rings is 1. The molecular weight excluding hydrogens is 316 g/mol. The molecule has 0 aliphatic rings. The van der Waals surface area contributed by atoms with E-state index in [1.54, 1.807) is 0 Å². The number of aromatic nitrogens is 2. The molecule has 0 bridgehead atoms. The van der Waals surface area contributed by atoms with Crippen LogP contribution in [0.15, 0.2) is 28.7 Å². The van der Waals surface area contributed by atoms with Gasteiger partial charge in [-0.05, 0) is 38.0 Å². The highest BCUT2D eigenvalue weighted by Crippen LogP contribution is 2.24. The molecule has 106 valence electrons. The van der Waals surface area contributed by atoms with E-state index in [0.717, 1.165) is 40.6 Å². The van der Waals surface area contributed by atoms with Crippen molar-refractivity contribution in [3.05, 3.63) is 40.1 Å². The van der Waals surface area contributed by atoms with E-state index in [-0.39, 0.29) is 0 Å². The van der Waals surface area contributed by atoms with Gasteiger partial charge in [-0.25, -0.2) is 9.97 Å². The lowest BCUT2D eigenvalue weighted by Gasteiger charge is -2.12. The predicted molar refractivity (Wildman–Crippen MR) is 87.7 cm³/mol. The Morgan fingerprint density at radius 1 is 1.10 bits per heavy atom. The predicted octanol–water partition coefficient (Wildman–Crippen LogP) is 4.42. The number of hydrogen-bond donors (Lipinski definition) is 2. The molecule has 0 spiro atoms. The Balaban J connectivity index is 2.24. The van der Waals surface area contributed by atoms with Crippen molar-refractivity contribution in [3.63, 3.8) is 0 Å². The van der Waals surface area contributed by atoms with Gasteiger partial charge >= 0.3 is 0 Å². The molecule has 0 fully saturated rings. The summed E-state index contributed by atoms with van der Waals surface area (Å²) in [5, 5.41) is 6.64. The third-order valence-electron chi connectivity index (χ3n) is 2.86. The second-order valence-corrected chi connectivity index (χ2v) is 5.61. The second-order valence-electron chi connectivity index (χ2n) is 4.70. The van der Waals surface area contributed by atoms with Crippen LogP contribution in [0.4, 0.5) is 17.3 Å². The minimum atomic E-state index is 0.751. The van der Waals surface area contributed by atoms with Gasteiger partial charge in [0.05, 0.1) is 0 Å². The van der Waals surface area contributed by atoms with E-state index in [1.807, 2.05) is 25.1 Å². The average Bonchev–Trinajstić information content (AvgIpc) is 2.40. The van der Waals surface area contributed by atoms with E-state index in [9.17, 15) is 0 Å². The first-order valence-corrected chi connectivity index (χ1v) is 7.50.